The molecule has 0 N–H and O–H groups in total. The molecule has 0 aromatic rings. The summed E-state index contributed by atoms with van der Waals surface area (Å²) in [6.07, 6.45) is 2.01. The minimum Gasteiger partial charge on any atom is -0.454 e. The predicted octanol–water partition coefficient (Wildman–Crippen LogP) is 3.70. The summed E-state index contributed by atoms with van der Waals surface area (Å²) < 4.78 is 5.65. The predicted molar refractivity (Wildman–Crippen MR) is 64.9 cm³/mol. The molecule has 4 heteroatoms. The van der Waals surface area contributed by atoms with E-state index in [-0.39, 0.29) is 5.04 Å². The Morgan fingerprint density at radius 1 is 1.31 bits per heavy atom. The summed E-state index contributed by atoms with van der Waals surface area (Å²) in [5.74, 6) is 0. The Morgan fingerprint density at radius 2 is 1.77 bits per heavy atom. The highest BCUT2D eigenvalue weighted by molar-refractivity contribution is 8.13. The number of oxime groups is 1. The normalized spacial score (nSPS) is 14.5. The molecule has 0 aromatic heterocycles. The molecule has 0 spiro atoms. The van der Waals surface area contributed by atoms with E-state index in [4.69, 9.17) is 4.53 Å². The standard InChI is InChI=1S/C9H21NOSSi/c1-8(12-5)10-11-13(6,7)9(2,3)4/h1-7H3/b10-8+. The Bertz CT molecular complexity index is 196. The Kier molecular flexibility index (Phi) is 4.52. The van der Waals surface area contributed by atoms with Gasteiger partial charge in [-0.25, -0.2) is 0 Å². The van der Waals surface area contributed by atoms with E-state index >= 15 is 0 Å². The van der Waals surface area contributed by atoms with E-state index < -0.39 is 8.32 Å². The first-order chi connectivity index (χ1) is 5.70. The van der Waals surface area contributed by atoms with Gasteiger partial charge in [0.1, 0.15) is 5.04 Å². The second kappa shape index (κ2) is 4.51. The lowest BCUT2D eigenvalue weighted by molar-refractivity contribution is 0.309. The zero-order valence-corrected chi connectivity index (χ0v) is 11.6. The van der Waals surface area contributed by atoms with E-state index in [1.54, 1.807) is 11.8 Å². The molecular weight excluding hydrogens is 198 g/mol. The smallest absolute Gasteiger partial charge is 0.286 e. The molecule has 0 amide bonds. The lowest BCUT2D eigenvalue weighted by Gasteiger charge is -2.33. The highest BCUT2D eigenvalue weighted by Gasteiger charge is 2.39. The van der Waals surface area contributed by atoms with Gasteiger partial charge in [0.05, 0.1) is 0 Å². The maximum absolute atomic E-state index is 5.65. The molecule has 2 nitrogen and oxygen atoms in total. The van der Waals surface area contributed by atoms with Crippen molar-refractivity contribution in [1.29, 1.82) is 0 Å². The first kappa shape index (κ1) is 13.0. The van der Waals surface area contributed by atoms with Gasteiger partial charge in [0.15, 0.2) is 0 Å². The minimum atomic E-state index is -1.68. The van der Waals surface area contributed by atoms with E-state index in [1.165, 1.54) is 0 Å². The molecule has 0 saturated heterocycles. The Labute approximate surface area is 87.2 Å². The van der Waals surface area contributed by atoms with Crippen molar-refractivity contribution >= 4 is 25.1 Å². The summed E-state index contributed by atoms with van der Waals surface area (Å²) >= 11 is 1.62. The number of nitrogens with zero attached hydrogens (tertiary/aromatic N) is 1. The summed E-state index contributed by atoms with van der Waals surface area (Å²) in [5.41, 5.74) is 0. The lowest BCUT2D eigenvalue weighted by Crippen LogP contribution is -2.39. The molecule has 0 aromatic carbocycles. The van der Waals surface area contributed by atoms with Crippen LogP contribution in [-0.2, 0) is 4.53 Å². The van der Waals surface area contributed by atoms with Crippen molar-refractivity contribution in [3.05, 3.63) is 0 Å². The van der Waals surface area contributed by atoms with E-state index in [0.717, 1.165) is 5.04 Å². The molecular formula is C9H21NOSSi. The van der Waals surface area contributed by atoms with Gasteiger partial charge in [0, 0.05) is 0 Å². The van der Waals surface area contributed by atoms with Crippen LogP contribution in [0.4, 0.5) is 0 Å². The highest BCUT2D eigenvalue weighted by Crippen LogP contribution is 2.36. The first-order valence-corrected chi connectivity index (χ1v) is 8.61. The highest BCUT2D eigenvalue weighted by atomic mass is 32.2. The van der Waals surface area contributed by atoms with E-state index in [1.807, 2.05) is 13.2 Å². The van der Waals surface area contributed by atoms with Crippen molar-refractivity contribution in [2.24, 2.45) is 5.16 Å². The fraction of sp³-hybridized carbons (Fsp3) is 0.889. The average molecular weight is 219 g/mol. The maximum Gasteiger partial charge on any atom is 0.286 e. The number of rotatable bonds is 2. The monoisotopic (exact) mass is 219 g/mol. The fourth-order valence-corrected chi connectivity index (χ4v) is 1.17. The van der Waals surface area contributed by atoms with Gasteiger partial charge < -0.3 is 4.53 Å². The zero-order chi connectivity index (χ0) is 10.7. The van der Waals surface area contributed by atoms with Crippen LogP contribution in [0.1, 0.15) is 27.7 Å². The third-order valence-corrected chi connectivity index (χ3v) is 7.33. The Morgan fingerprint density at radius 3 is 2.08 bits per heavy atom. The molecule has 0 heterocycles. The number of hydrogen-bond donors (Lipinski definition) is 0. The van der Waals surface area contributed by atoms with Gasteiger partial charge in [-0.3, -0.25) is 0 Å². The lowest BCUT2D eigenvalue weighted by atomic mass is 10.2. The fourth-order valence-electron chi connectivity index (χ4n) is 0.353. The van der Waals surface area contributed by atoms with Crippen molar-refractivity contribution in [2.75, 3.05) is 6.26 Å². The van der Waals surface area contributed by atoms with Gasteiger partial charge in [-0.15, -0.1) is 11.8 Å². The van der Waals surface area contributed by atoms with E-state index in [9.17, 15) is 0 Å². The molecule has 78 valence electrons. The molecule has 0 bridgehead atoms. The zero-order valence-electron chi connectivity index (χ0n) is 9.76. The summed E-state index contributed by atoms with van der Waals surface area (Å²) in [6, 6.07) is 0. The van der Waals surface area contributed by atoms with Gasteiger partial charge in [-0.1, -0.05) is 25.9 Å². The molecule has 0 radical (unpaired) electrons. The molecule has 0 rings (SSSR count). The van der Waals surface area contributed by atoms with Gasteiger partial charge in [0.2, 0.25) is 0 Å². The molecule has 0 aliphatic carbocycles. The van der Waals surface area contributed by atoms with Crippen LogP contribution in [0.15, 0.2) is 5.16 Å². The SMILES string of the molecule is CS/C(C)=N/O[Si](C)(C)C(C)(C)C. The molecule has 0 aliphatic heterocycles. The summed E-state index contributed by atoms with van der Waals surface area (Å²) in [7, 11) is -1.68. The first-order valence-electron chi connectivity index (χ1n) is 4.47. The average Bonchev–Trinajstić information content (AvgIpc) is 1.98. The van der Waals surface area contributed by atoms with Crippen LogP contribution in [0.3, 0.4) is 0 Å². The summed E-state index contributed by atoms with van der Waals surface area (Å²) in [6.45, 7) is 13.0. The van der Waals surface area contributed by atoms with Crippen LogP contribution in [0.5, 0.6) is 0 Å². The molecule has 0 fully saturated rings. The third kappa shape index (κ3) is 4.18. The third-order valence-electron chi connectivity index (χ3n) is 2.50. The van der Waals surface area contributed by atoms with Crippen LogP contribution >= 0.6 is 11.8 Å². The molecule has 13 heavy (non-hydrogen) atoms. The minimum absolute atomic E-state index is 0.231. The Hall–Kier alpha value is 0.0369. The maximum atomic E-state index is 5.65. The quantitative estimate of drug-likeness (QED) is 0.306. The van der Waals surface area contributed by atoms with Crippen molar-refractivity contribution in [2.45, 2.75) is 45.8 Å². The molecule has 0 unspecified atom stereocenters. The van der Waals surface area contributed by atoms with Crippen LogP contribution < -0.4 is 0 Å². The van der Waals surface area contributed by atoms with Crippen LogP contribution in [0.2, 0.25) is 18.1 Å². The van der Waals surface area contributed by atoms with Crippen molar-refractivity contribution in [1.82, 2.24) is 0 Å². The van der Waals surface area contributed by atoms with Crippen molar-refractivity contribution in [3.63, 3.8) is 0 Å². The van der Waals surface area contributed by atoms with Gasteiger partial charge >= 0.3 is 0 Å². The molecule has 0 aliphatic rings. The largest absolute Gasteiger partial charge is 0.454 e. The molecule has 0 saturated carbocycles. The molecule has 0 atom stereocenters. The van der Waals surface area contributed by atoms with Crippen LogP contribution in [0, 0.1) is 0 Å². The van der Waals surface area contributed by atoms with Gasteiger partial charge in [-0.2, -0.15) is 0 Å². The van der Waals surface area contributed by atoms with Crippen LogP contribution in [0.25, 0.3) is 0 Å². The Balaban J connectivity index is 4.36. The number of hydrogen-bond acceptors (Lipinski definition) is 3. The van der Waals surface area contributed by atoms with Crippen molar-refractivity contribution < 1.29 is 4.53 Å². The summed E-state index contributed by atoms with van der Waals surface area (Å²) in [5, 5.41) is 5.34. The number of thioether (sulfide) groups is 1. The second-order valence-corrected chi connectivity index (χ2v) is 10.4. The van der Waals surface area contributed by atoms with E-state index in [2.05, 4.69) is 39.0 Å². The van der Waals surface area contributed by atoms with E-state index in [0.29, 0.717) is 0 Å². The topological polar surface area (TPSA) is 21.6 Å². The van der Waals surface area contributed by atoms with Gasteiger partial charge in [-0.05, 0) is 31.3 Å². The van der Waals surface area contributed by atoms with Crippen LogP contribution in [-0.4, -0.2) is 19.6 Å². The van der Waals surface area contributed by atoms with Gasteiger partial charge in [0.25, 0.3) is 8.32 Å². The van der Waals surface area contributed by atoms with Crippen molar-refractivity contribution in [3.8, 4) is 0 Å². The second-order valence-electron chi connectivity index (χ2n) is 4.67. The summed E-state index contributed by atoms with van der Waals surface area (Å²) in [4.78, 5) is 0.